The van der Waals surface area contributed by atoms with Crippen LogP contribution in [0, 0.1) is 0 Å². The summed E-state index contributed by atoms with van der Waals surface area (Å²) >= 11 is 0. The molecule has 0 bridgehead atoms. The Morgan fingerprint density at radius 1 is 1.41 bits per heavy atom. The van der Waals surface area contributed by atoms with Gasteiger partial charge in [0.1, 0.15) is 12.4 Å². The Hall–Kier alpha value is -1.77. The van der Waals surface area contributed by atoms with Crippen LogP contribution in [0.5, 0.6) is 5.75 Å². The molecule has 0 aliphatic carbocycles. The van der Waals surface area contributed by atoms with Gasteiger partial charge in [0.05, 0.1) is 0 Å². The lowest BCUT2D eigenvalue weighted by Crippen LogP contribution is -2.11. The third kappa shape index (κ3) is 4.72. The lowest BCUT2D eigenvalue weighted by Gasteiger charge is -2.19. The summed E-state index contributed by atoms with van der Waals surface area (Å²) in [7, 11) is 0. The second-order valence-electron chi connectivity index (χ2n) is 4.83. The predicted molar refractivity (Wildman–Crippen MR) is 67.4 cm³/mol. The first-order valence-electron chi connectivity index (χ1n) is 5.52. The highest BCUT2D eigenvalue weighted by molar-refractivity contribution is 5.79. The molecule has 0 radical (unpaired) electrons. The second-order valence-corrected chi connectivity index (χ2v) is 4.83. The van der Waals surface area contributed by atoms with Gasteiger partial charge in [-0.3, -0.25) is 0 Å². The molecule has 0 saturated heterocycles. The van der Waals surface area contributed by atoms with E-state index in [1.165, 1.54) is 11.6 Å². The summed E-state index contributed by atoms with van der Waals surface area (Å²) in [4.78, 5) is 10.3. The molecule has 0 aliphatic heterocycles. The molecule has 0 atom stereocenters. The van der Waals surface area contributed by atoms with E-state index in [9.17, 15) is 4.79 Å². The van der Waals surface area contributed by atoms with Gasteiger partial charge in [0.2, 0.25) is 0 Å². The zero-order chi connectivity index (χ0) is 12.9. The fraction of sp³-hybridized carbons (Fsp3) is 0.357. The van der Waals surface area contributed by atoms with E-state index >= 15 is 0 Å². The third-order valence-electron chi connectivity index (χ3n) is 2.31. The lowest BCUT2D eigenvalue weighted by atomic mass is 9.87. The minimum atomic E-state index is -0.961. The summed E-state index contributed by atoms with van der Waals surface area (Å²) in [6.45, 7) is 6.67. The van der Waals surface area contributed by atoms with E-state index in [4.69, 9.17) is 9.84 Å². The Balaban J connectivity index is 2.64. The van der Waals surface area contributed by atoms with E-state index in [0.29, 0.717) is 0 Å². The summed E-state index contributed by atoms with van der Waals surface area (Å²) in [5, 5.41) is 8.42. The van der Waals surface area contributed by atoms with Crippen molar-refractivity contribution in [3.63, 3.8) is 0 Å². The zero-order valence-corrected chi connectivity index (χ0v) is 10.4. The number of benzene rings is 1. The average molecular weight is 234 g/mol. The van der Waals surface area contributed by atoms with Gasteiger partial charge in [-0.05, 0) is 29.2 Å². The van der Waals surface area contributed by atoms with E-state index in [2.05, 4.69) is 26.8 Å². The molecule has 0 fully saturated rings. The van der Waals surface area contributed by atoms with E-state index in [1.807, 2.05) is 18.2 Å². The van der Waals surface area contributed by atoms with Crippen molar-refractivity contribution < 1.29 is 14.6 Å². The van der Waals surface area contributed by atoms with Gasteiger partial charge in [-0.25, -0.2) is 4.79 Å². The fourth-order valence-corrected chi connectivity index (χ4v) is 1.35. The van der Waals surface area contributed by atoms with Crippen molar-refractivity contribution in [1.82, 2.24) is 0 Å². The number of carboxylic acids is 1. The molecule has 1 rings (SSSR count). The van der Waals surface area contributed by atoms with Crippen molar-refractivity contribution in [1.29, 1.82) is 0 Å². The molecule has 3 heteroatoms. The average Bonchev–Trinajstić information content (AvgIpc) is 2.23. The highest BCUT2D eigenvalue weighted by Crippen LogP contribution is 2.25. The van der Waals surface area contributed by atoms with Gasteiger partial charge in [0, 0.05) is 6.08 Å². The van der Waals surface area contributed by atoms with Crippen molar-refractivity contribution in [2.45, 2.75) is 26.2 Å². The van der Waals surface area contributed by atoms with Gasteiger partial charge in [0.25, 0.3) is 0 Å². The molecule has 1 aromatic rings. The fourth-order valence-electron chi connectivity index (χ4n) is 1.35. The molecule has 3 nitrogen and oxygen atoms in total. The van der Waals surface area contributed by atoms with Crippen LogP contribution in [0.2, 0.25) is 0 Å². The van der Waals surface area contributed by atoms with Crippen LogP contribution < -0.4 is 4.74 Å². The first kappa shape index (κ1) is 13.3. The maximum absolute atomic E-state index is 10.3. The Morgan fingerprint density at radius 2 is 2.12 bits per heavy atom. The van der Waals surface area contributed by atoms with Crippen LogP contribution in [0.1, 0.15) is 26.3 Å². The lowest BCUT2D eigenvalue weighted by molar-refractivity contribution is -0.131. The maximum Gasteiger partial charge on any atom is 0.328 e. The van der Waals surface area contributed by atoms with Crippen molar-refractivity contribution >= 4 is 5.97 Å². The minimum absolute atomic E-state index is 0.0796. The van der Waals surface area contributed by atoms with Crippen LogP contribution in [0.25, 0.3) is 0 Å². The number of hydrogen-bond acceptors (Lipinski definition) is 2. The monoisotopic (exact) mass is 234 g/mol. The molecule has 0 aliphatic rings. The van der Waals surface area contributed by atoms with E-state index in [0.717, 1.165) is 11.8 Å². The molecule has 17 heavy (non-hydrogen) atoms. The van der Waals surface area contributed by atoms with Crippen molar-refractivity contribution in [2.24, 2.45) is 0 Å². The van der Waals surface area contributed by atoms with Gasteiger partial charge in [-0.15, -0.1) is 0 Å². The highest BCUT2D eigenvalue weighted by Gasteiger charge is 2.13. The molecule has 0 unspecified atom stereocenters. The van der Waals surface area contributed by atoms with Crippen molar-refractivity contribution in [3.05, 3.63) is 42.0 Å². The molecule has 0 aromatic heterocycles. The number of ether oxygens (including phenoxy) is 1. The smallest absolute Gasteiger partial charge is 0.328 e. The van der Waals surface area contributed by atoms with Crippen LogP contribution in [-0.2, 0) is 10.2 Å². The Morgan fingerprint density at radius 3 is 2.71 bits per heavy atom. The van der Waals surface area contributed by atoms with Crippen LogP contribution in [0.4, 0.5) is 0 Å². The summed E-state index contributed by atoms with van der Waals surface area (Å²) in [5.74, 6) is -0.204. The van der Waals surface area contributed by atoms with Crippen LogP contribution in [0.15, 0.2) is 36.4 Å². The molecule has 1 aromatic carbocycles. The van der Waals surface area contributed by atoms with Crippen LogP contribution in [-0.4, -0.2) is 17.7 Å². The number of carbonyl (C=O) groups is 1. The number of hydrogen-bond donors (Lipinski definition) is 1. The largest absolute Gasteiger partial charge is 0.490 e. The first-order valence-corrected chi connectivity index (χ1v) is 5.52. The third-order valence-corrected chi connectivity index (χ3v) is 2.31. The molecule has 92 valence electrons. The highest BCUT2D eigenvalue weighted by atomic mass is 16.5. The van der Waals surface area contributed by atoms with Crippen LogP contribution >= 0.6 is 0 Å². The van der Waals surface area contributed by atoms with Gasteiger partial charge < -0.3 is 9.84 Å². The Bertz CT molecular complexity index is 414. The molecule has 0 heterocycles. The summed E-state index contributed by atoms with van der Waals surface area (Å²) in [5.41, 5.74) is 1.27. The van der Waals surface area contributed by atoms with E-state index in [-0.39, 0.29) is 12.0 Å². The van der Waals surface area contributed by atoms with Crippen molar-refractivity contribution in [2.75, 3.05) is 6.61 Å². The molecular formula is C14H18O3. The Labute approximate surface area is 102 Å². The van der Waals surface area contributed by atoms with Crippen molar-refractivity contribution in [3.8, 4) is 5.75 Å². The molecule has 0 amide bonds. The molecule has 0 saturated carbocycles. The first-order chi connectivity index (χ1) is 7.89. The molecular weight excluding hydrogens is 216 g/mol. The summed E-state index contributed by atoms with van der Waals surface area (Å²) in [6.07, 6.45) is 2.56. The van der Waals surface area contributed by atoms with Gasteiger partial charge in [-0.1, -0.05) is 32.9 Å². The van der Waals surface area contributed by atoms with Gasteiger partial charge >= 0.3 is 5.97 Å². The number of rotatable bonds is 4. The second kappa shape index (κ2) is 5.53. The number of aliphatic carboxylic acids is 1. The van der Waals surface area contributed by atoms with Gasteiger partial charge in [-0.2, -0.15) is 0 Å². The number of carboxylic acid groups (broad SMARTS) is 1. The zero-order valence-electron chi connectivity index (χ0n) is 10.4. The van der Waals surface area contributed by atoms with E-state index in [1.54, 1.807) is 0 Å². The van der Waals surface area contributed by atoms with Crippen LogP contribution in [0.3, 0.4) is 0 Å². The standard InChI is InChI=1S/C14H18O3/c1-14(2,3)11-6-4-7-12(10-11)17-9-5-8-13(15)16/h4-8,10H,9H2,1-3H3,(H,15,16). The summed E-state index contributed by atoms with van der Waals surface area (Å²) in [6, 6.07) is 7.84. The normalized spacial score (nSPS) is 11.7. The molecule has 1 N–H and O–H groups in total. The topological polar surface area (TPSA) is 46.5 Å². The summed E-state index contributed by atoms with van der Waals surface area (Å²) < 4.78 is 5.44. The predicted octanol–water partition coefficient (Wildman–Crippen LogP) is 3.00. The maximum atomic E-state index is 10.3. The van der Waals surface area contributed by atoms with E-state index < -0.39 is 5.97 Å². The quantitative estimate of drug-likeness (QED) is 0.814. The van der Waals surface area contributed by atoms with Gasteiger partial charge in [0.15, 0.2) is 0 Å². The molecule has 0 spiro atoms. The minimum Gasteiger partial charge on any atom is -0.490 e. The Kier molecular flexibility index (Phi) is 4.32. The SMILES string of the molecule is CC(C)(C)c1cccc(OCC=CC(=O)O)c1.